The standard InChI is InChI=1S/C13H13NO2.C7H7BrO.C6H7NO.CH2O3.Cu.2K.H/c1-10-3-8-13(15)14(9-10)11-4-6-12(16-2)7-5-11;1-9-7-4-2-6(8)3-5-7;1-5-2-3-6(8)7-4-5;2-1-4-3;;;;/h3-9H,1-2H3;2-5H,1H3;2-4H,1H3,(H,7,8);1,3H;;;;/q;;;;;2*+1;-1/p-1. The van der Waals surface area contributed by atoms with Crippen LogP contribution in [0.5, 0.6) is 11.5 Å². The Morgan fingerprint density at radius 2 is 1.30 bits per heavy atom. The molecule has 4 aromatic rings. The van der Waals surface area contributed by atoms with Gasteiger partial charge < -0.3 is 26.0 Å². The molecule has 2 aromatic heterocycles. The van der Waals surface area contributed by atoms with Crippen LogP contribution >= 0.6 is 15.9 Å². The Hall–Kier alpha value is -0.358. The SMILES string of the molecule is COc1ccc(-n2cc(C)ccc2=O)cc1.COc1ccc(Br)cc1.Cc1ccc(=O)[nH]c1.O=CO[O-].[Cu].[H-].[K+].[K+]. The number of pyridine rings is 2. The third kappa shape index (κ3) is 19.0. The molecule has 2 heterocycles. The molecule has 2 aromatic carbocycles. The van der Waals surface area contributed by atoms with E-state index in [0.717, 1.165) is 32.8 Å². The number of halogens is 1. The van der Waals surface area contributed by atoms with Crippen molar-refractivity contribution in [2.45, 2.75) is 13.8 Å². The number of hydrogen-bond acceptors (Lipinski definition) is 7. The molecule has 1 N–H and O–H groups in total. The van der Waals surface area contributed by atoms with Crippen molar-refractivity contribution in [3.05, 3.63) is 121 Å². The fourth-order valence-electron chi connectivity index (χ4n) is 2.60. The molecule has 0 amide bonds. The number of benzene rings is 2. The van der Waals surface area contributed by atoms with Gasteiger partial charge in [-0.3, -0.25) is 19.0 Å². The summed E-state index contributed by atoms with van der Waals surface area (Å²) in [6, 6.07) is 21.8. The number of hydrogen-bond donors (Lipinski definition) is 1. The zero-order chi connectivity index (χ0) is 27.6. The molecule has 0 bridgehead atoms. The average molecular weight is 715 g/mol. The van der Waals surface area contributed by atoms with Crippen LogP contribution in [0.15, 0.2) is 99.3 Å². The van der Waals surface area contributed by atoms with Crippen LogP contribution in [0.1, 0.15) is 12.6 Å². The molecule has 4 rings (SSSR count). The molecule has 0 saturated carbocycles. The molecule has 40 heavy (non-hydrogen) atoms. The minimum atomic E-state index is -0.181. The minimum absolute atomic E-state index is 0. The van der Waals surface area contributed by atoms with E-state index in [2.05, 4.69) is 25.8 Å². The Bertz CT molecular complexity index is 1320. The number of carbonyl (C=O) groups is 1. The maximum Gasteiger partial charge on any atom is 1.00 e. The van der Waals surface area contributed by atoms with Crippen molar-refractivity contribution in [1.29, 1.82) is 0 Å². The number of ether oxygens (including phenoxy) is 2. The molecule has 0 spiro atoms. The minimum Gasteiger partial charge on any atom is -1.00 e. The molecule has 0 aliphatic heterocycles. The molecule has 0 atom stereocenters. The van der Waals surface area contributed by atoms with Crippen molar-refractivity contribution in [2.24, 2.45) is 0 Å². The fourth-order valence-corrected chi connectivity index (χ4v) is 2.86. The van der Waals surface area contributed by atoms with E-state index < -0.39 is 0 Å². The molecular weight excluding hydrogens is 686 g/mol. The van der Waals surface area contributed by atoms with E-state index in [1.54, 1.807) is 37.1 Å². The average Bonchev–Trinajstić information content (AvgIpc) is 2.93. The summed E-state index contributed by atoms with van der Waals surface area (Å²) in [5, 5.41) is 8.43. The van der Waals surface area contributed by atoms with Crippen molar-refractivity contribution in [3.8, 4) is 17.2 Å². The first-order valence-electron chi connectivity index (χ1n) is 10.7. The second-order valence-corrected chi connectivity index (χ2v) is 8.11. The molecule has 13 heteroatoms. The van der Waals surface area contributed by atoms with E-state index in [1.165, 1.54) is 6.07 Å². The van der Waals surface area contributed by atoms with Gasteiger partial charge in [-0.2, -0.15) is 0 Å². The van der Waals surface area contributed by atoms with Crippen LogP contribution in [0.25, 0.3) is 5.69 Å². The van der Waals surface area contributed by atoms with E-state index in [0.29, 0.717) is 0 Å². The van der Waals surface area contributed by atoms with Crippen LogP contribution in [0.4, 0.5) is 0 Å². The predicted octanol–water partition coefficient (Wildman–Crippen LogP) is -2.15. The van der Waals surface area contributed by atoms with Crippen molar-refractivity contribution in [3.63, 3.8) is 0 Å². The first kappa shape index (κ1) is 44.1. The van der Waals surface area contributed by atoms with Crippen molar-refractivity contribution in [1.82, 2.24) is 9.55 Å². The number of aromatic amines is 1. The molecular formula is C27H29BrCuK2N2O7. The van der Waals surface area contributed by atoms with Gasteiger partial charge in [0.1, 0.15) is 11.5 Å². The maximum absolute atomic E-state index is 11.7. The molecule has 209 valence electrons. The zero-order valence-corrected chi connectivity index (χ0v) is 31.9. The number of aromatic nitrogens is 2. The number of nitrogens with zero attached hydrogens (tertiary/aromatic N) is 1. The van der Waals surface area contributed by atoms with Gasteiger partial charge in [-0.1, -0.05) is 28.1 Å². The fraction of sp³-hybridized carbons (Fsp3) is 0.148. The molecule has 0 unspecified atom stereocenters. The first-order valence-corrected chi connectivity index (χ1v) is 11.5. The third-order valence-electron chi connectivity index (χ3n) is 4.44. The number of nitrogens with one attached hydrogen (secondary N) is 1. The van der Waals surface area contributed by atoms with Crippen molar-refractivity contribution >= 4 is 22.4 Å². The van der Waals surface area contributed by atoms with Gasteiger partial charge in [0.25, 0.3) is 12.0 Å². The van der Waals surface area contributed by atoms with Gasteiger partial charge >= 0.3 is 103 Å². The second kappa shape index (κ2) is 26.3. The Morgan fingerprint density at radius 1 is 0.825 bits per heavy atom. The van der Waals surface area contributed by atoms with Crippen LogP contribution in [0, 0.1) is 13.8 Å². The van der Waals surface area contributed by atoms with Crippen molar-refractivity contribution in [2.75, 3.05) is 14.2 Å². The molecule has 0 saturated heterocycles. The molecule has 0 aliphatic rings. The van der Waals surface area contributed by atoms with Gasteiger partial charge in [0.2, 0.25) is 5.56 Å². The van der Waals surface area contributed by atoms with E-state index in [1.807, 2.05) is 74.6 Å². The van der Waals surface area contributed by atoms with Crippen molar-refractivity contribution < 1.29 is 146 Å². The molecule has 0 fully saturated rings. The normalized spacial score (nSPS) is 8.45. The molecule has 9 nitrogen and oxygen atoms in total. The topological polar surface area (TPSA) is 123 Å². The van der Waals surface area contributed by atoms with Crippen LogP contribution in [-0.2, 0) is 26.8 Å². The predicted molar refractivity (Wildman–Crippen MR) is 144 cm³/mol. The number of rotatable bonds is 4. The van der Waals surface area contributed by atoms with Gasteiger partial charge in [0.05, 0.1) is 14.2 Å². The largest absolute Gasteiger partial charge is 1.00 e. The van der Waals surface area contributed by atoms with Gasteiger partial charge in [-0.25, -0.2) is 0 Å². The second-order valence-electron chi connectivity index (χ2n) is 7.19. The van der Waals surface area contributed by atoms with Gasteiger partial charge in [-0.05, 0) is 73.5 Å². The summed E-state index contributed by atoms with van der Waals surface area (Å²) in [5.41, 5.74) is 2.89. The Kier molecular flexibility index (Phi) is 29.0. The summed E-state index contributed by atoms with van der Waals surface area (Å²) < 4.78 is 12.7. The van der Waals surface area contributed by atoms with Gasteiger partial charge in [0, 0.05) is 51.8 Å². The smallest absolute Gasteiger partial charge is 1.00 e. The van der Waals surface area contributed by atoms with Gasteiger partial charge in [0.15, 0.2) is 0 Å². The van der Waals surface area contributed by atoms with Gasteiger partial charge in [-0.15, -0.1) is 0 Å². The van der Waals surface area contributed by atoms with E-state index >= 15 is 0 Å². The molecule has 1 radical (unpaired) electrons. The van der Waals surface area contributed by atoms with Crippen LogP contribution in [0.3, 0.4) is 0 Å². The quantitative estimate of drug-likeness (QED) is 0.111. The summed E-state index contributed by atoms with van der Waals surface area (Å²) in [6.07, 6.45) is 3.51. The number of methoxy groups -OCH3 is 2. The Labute approximate surface area is 338 Å². The summed E-state index contributed by atoms with van der Waals surface area (Å²) in [4.78, 5) is 35.8. The number of H-pyrrole nitrogens is 1. The Morgan fingerprint density at radius 3 is 1.70 bits per heavy atom. The van der Waals surface area contributed by atoms with Crippen LogP contribution < -0.4 is 129 Å². The molecule has 0 aliphatic carbocycles. The number of aryl methyl sites for hydroxylation is 2. The Balaban J connectivity index is -0.000000238. The monoisotopic (exact) mass is 713 g/mol. The summed E-state index contributed by atoms with van der Waals surface area (Å²) in [7, 11) is 3.27. The third-order valence-corrected chi connectivity index (χ3v) is 4.97. The van der Waals surface area contributed by atoms with E-state index in [-0.39, 0.29) is 139 Å². The van der Waals surface area contributed by atoms with E-state index in [4.69, 9.17) is 19.5 Å². The van der Waals surface area contributed by atoms with Crippen LogP contribution in [-0.4, -0.2) is 30.2 Å². The number of carbonyl (C=O) groups excluding carboxylic acids is 1. The summed E-state index contributed by atoms with van der Waals surface area (Å²) in [5.74, 6) is 1.67. The first-order chi connectivity index (χ1) is 17.7. The zero-order valence-electron chi connectivity index (χ0n) is 24.1. The summed E-state index contributed by atoms with van der Waals surface area (Å²) in [6.45, 7) is 3.70. The van der Waals surface area contributed by atoms with Crippen LogP contribution in [0.2, 0.25) is 0 Å². The maximum atomic E-state index is 11.7. The van der Waals surface area contributed by atoms with E-state index in [9.17, 15) is 9.59 Å². The summed E-state index contributed by atoms with van der Waals surface area (Å²) >= 11 is 3.32.